The number of carbonyl (C=O) groups is 1. The molecule has 0 aromatic heterocycles. The number of ketones is 1. The number of hydrogen-bond acceptors (Lipinski definition) is 2. The van der Waals surface area contributed by atoms with Crippen molar-refractivity contribution in [3.05, 3.63) is 70.8 Å². The van der Waals surface area contributed by atoms with Gasteiger partial charge in [-0.25, -0.2) is 0 Å². The van der Waals surface area contributed by atoms with Gasteiger partial charge in [-0.15, -0.1) is 0 Å². The van der Waals surface area contributed by atoms with Gasteiger partial charge in [-0.3, -0.25) is 4.79 Å². The summed E-state index contributed by atoms with van der Waals surface area (Å²) in [5.74, 6) is 0.0205. The van der Waals surface area contributed by atoms with Gasteiger partial charge in [0.1, 0.15) is 6.61 Å². The summed E-state index contributed by atoms with van der Waals surface area (Å²) in [5, 5.41) is 0. The zero-order valence-electron chi connectivity index (χ0n) is 11.3. The summed E-state index contributed by atoms with van der Waals surface area (Å²) < 4.78 is 5.46. The highest BCUT2D eigenvalue weighted by Crippen LogP contribution is 2.07. The van der Waals surface area contributed by atoms with E-state index in [0.717, 1.165) is 11.1 Å². The molecule has 0 fully saturated rings. The van der Waals surface area contributed by atoms with Crippen molar-refractivity contribution < 1.29 is 9.53 Å². The second-order valence-electron chi connectivity index (χ2n) is 4.77. The molecule has 0 atom stereocenters. The number of carbonyl (C=O) groups excluding carboxylic acids is 1. The molecule has 0 N–H and O–H groups in total. The van der Waals surface area contributed by atoms with E-state index in [0.29, 0.717) is 12.2 Å². The third kappa shape index (κ3) is 4.04. The number of hydrogen-bond donors (Lipinski definition) is 0. The predicted octanol–water partition coefficient (Wildman–Crippen LogP) is 3.70. The van der Waals surface area contributed by atoms with E-state index in [1.54, 1.807) is 0 Å². The Balaban J connectivity index is 1.84. The first kappa shape index (κ1) is 13.5. The molecule has 2 heteroatoms. The summed E-state index contributed by atoms with van der Waals surface area (Å²) in [7, 11) is 0. The molecule has 2 aromatic rings. The molecule has 0 aliphatic heterocycles. The van der Waals surface area contributed by atoms with E-state index >= 15 is 0 Å². The van der Waals surface area contributed by atoms with Crippen LogP contribution in [-0.2, 0) is 11.3 Å². The van der Waals surface area contributed by atoms with Crippen LogP contribution in [0.1, 0.15) is 27.0 Å². The minimum Gasteiger partial charge on any atom is -0.369 e. The first-order chi connectivity index (χ1) is 9.15. The van der Waals surface area contributed by atoms with Crippen molar-refractivity contribution in [1.29, 1.82) is 0 Å². The molecule has 0 amide bonds. The topological polar surface area (TPSA) is 26.3 Å². The Morgan fingerprint density at radius 2 is 1.42 bits per heavy atom. The van der Waals surface area contributed by atoms with Gasteiger partial charge in [-0.1, -0.05) is 59.7 Å². The van der Waals surface area contributed by atoms with Gasteiger partial charge in [-0.05, 0) is 19.4 Å². The summed E-state index contributed by atoms with van der Waals surface area (Å²) in [4.78, 5) is 11.9. The zero-order chi connectivity index (χ0) is 13.7. The van der Waals surface area contributed by atoms with Crippen molar-refractivity contribution >= 4 is 5.78 Å². The van der Waals surface area contributed by atoms with Crippen molar-refractivity contribution in [1.82, 2.24) is 0 Å². The van der Waals surface area contributed by atoms with E-state index in [1.165, 1.54) is 5.56 Å². The fourth-order valence-electron chi connectivity index (χ4n) is 1.77. The quantitative estimate of drug-likeness (QED) is 0.760. The van der Waals surface area contributed by atoms with Crippen LogP contribution in [0.5, 0.6) is 0 Å². The molecule has 0 saturated carbocycles. The van der Waals surface area contributed by atoms with E-state index in [2.05, 4.69) is 0 Å². The third-order valence-corrected chi connectivity index (χ3v) is 3.00. The van der Waals surface area contributed by atoms with Gasteiger partial charge >= 0.3 is 0 Å². The van der Waals surface area contributed by atoms with Gasteiger partial charge < -0.3 is 4.74 Å². The van der Waals surface area contributed by atoms with E-state index in [9.17, 15) is 4.79 Å². The van der Waals surface area contributed by atoms with Crippen LogP contribution in [0.4, 0.5) is 0 Å². The van der Waals surface area contributed by atoms with E-state index in [-0.39, 0.29) is 12.4 Å². The van der Waals surface area contributed by atoms with Gasteiger partial charge in [0.05, 0.1) is 6.61 Å². The SMILES string of the molecule is Cc1ccc(COCC(=O)c2ccc(C)cc2)cc1. The van der Waals surface area contributed by atoms with Crippen LogP contribution in [0, 0.1) is 13.8 Å². The Kier molecular flexibility index (Phi) is 4.48. The van der Waals surface area contributed by atoms with Gasteiger partial charge in [0.2, 0.25) is 0 Å². The average Bonchev–Trinajstić information content (AvgIpc) is 2.41. The van der Waals surface area contributed by atoms with Crippen LogP contribution < -0.4 is 0 Å². The average molecular weight is 254 g/mol. The highest BCUT2D eigenvalue weighted by molar-refractivity contribution is 5.97. The number of rotatable bonds is 5. The Hall–Kier alpha value is -1.93. The molecule has 0 radical (unpaired) electrons. The Bertz CT molecular complexity index is 538. The fourth-order valence-corrected chi connectivity index (χ4v) is 1.77. The molecular weight excluding hydrogens is 236 g/mol. The number of benzene rings is 2. The first-order valence-electron chi connectivity index (χ1n) is 6.38. The monoisotopic (exact) mass is 254 g/mol. The summed E-state index contributed by atoms with van der Waals surface area (Å²) >= 11 is 0. The minimum atomic E-state index is 0.0205. The first-order valence-corrected chi connectivity index (χ1v) is 6.38. The van der Waals surface area contributed by atoms with Crippen molar-refractivity contribution in [3.8, 4) is 0 Å². The lowest BCUT2D eigenvalue weighted by atomic mass is 10.1. The van der Waals surface area contributed by atoms with Crippen molar-refractivity contribution in [2.24, 2.45) is 0 Å². The second kappa shape index (κ2) is 6.30. The molecule has 0 aliphatic carbocycles. The van der Waals surface area contributed by atoms with E-state index in [4.69, 9.17) is 4.74 Å². The molecule has 0 heterocycles. The Morgan fingerprint density at radius 3 is 2.00 bits per heavy atom. The highest BCUT2D eigenvalue weighted by Gasteiger charge is 2.05. The van der Waals surface area contributed by atoms with E-state index in [1.807, 2.05) is 62.4 Å². The molecule has 0 unspecified atom stereocenters. The van der Waals surface area contributed by atoms with Crippen LogP contribution >= 0.6 is 0 Å². The molecule has 0 saturated heterocycles. The standard InChI is InChI=1S/C17H18O2/c1-13-3-7-15(8-4-13)11-19-12-17(18)16-9-5-14(2)6-10-16/h3-10H,11-12H2,1-2H3. The molecule has 2 aromatic carbocycles. The molecular formula is C17H18O2. The van der Waals surface area contributed by atoms with Gasteiger partial charge in [0.25, 0.3) is 0 Å². The third-order valence-electron chi connectivity index (χ3n) is 3.00. The molecule has 0 bridgehead atoms. The van der Waals surface area contributed by atoms with E-state index < -0.39 is 0 Å². The minimum absolute atomic E-state index is 0.0205. The molecule has 2 nitrogen and oxygen atoms in total. The molecule has 0 spiro atoms. The molecule has 0 aliphatic rings. The smallest absolute Gasteiger partial charge is 0.188 e. The van der Waals surface area contributed by atoms with Crippen molar-refractivity contribution in [2.45, 2.75) is 20.5 Å². The summed E-state index contributed by atoms with van der Waals surface area (Å²) in [6, 6.07) is 15.7. The number of aryl methyl sites for hydroxylation is 2. The lowest BCUT2D eigenvalue weighted by Gasteiger charge is -2.05. The maximum Gasteiger partial charge on any atom is 0.188 e. The number of Topliss-reactive ketones (excluding diaryl/α,β-unsaturated/α-hetero) is 1. The Labute approximate surface area is 114 Å². The second-order valence-corrected chi connectivity index (χ2v) is 4.77. The lowest BCUT2D eigenvalue weighted by Crippen LogP contribution is -2.09. The van der Waals surface area contributed by atoms with Crippen LogP contribution in [0.15, 0.2) is 48.5 Å². The molecule has 19 heavy (non-hydrogen) atoms. The summed E-state index contributed by atoms with van der Waals surface area (Å²) in [6.07, 6.45) is 0. The largest absolute Gasteiger partial charge is 0.369 e. The maximum absolute atomic E-state index is 11.9. The number of ether oxygens (including phenoxy) is 1. The van der Waals surface area contributed by atoms with Crippen LogP contribution in [0.2, 0.25) is 0 Å². The Morgan fingerprint density at radius 1 is 0.895 bits per heavy atom. The zero-order valence-corrected chi connectivity index (χ0v) is 11.3. The van der Waals surface area contributed by atoms with Gasteiger partial charge in [0, 0.05) is 5.56 Å². The lowest BCUT2D eigenvalue weighted by molar-refractivity contribution is 0.0726. The molecule has 2 rings (SSSR count). The van der Waals surface area contributed by atoms with Gasteiger partial charge in [-0.2, -0.15) is 0 Å². The normalized spacial score (nSPS) is 10.4. The predicted molar refractivity (Wildman–Crippen MR) is 76.3 cm³/mol. The van der Waals surface area contributed by atoms with Crippen molar-refractivity contribution in [2.75, 3.05) is 6.61 Å². The van der Waals surface area contributed by atoms with Crippen LogP contribution in [0.3, 0.4) is 0 Å². The maximum atomic E-state index is 11.9. The fraction of sp³-hybridized carbons (Fsp3) is 0.235. The summed E-state index contributed by atoms with van der Waals surface area (Å²) in [6.45, 7) is 4.64. The highest BCUT2D eigenvalue weighted by atomic mass is 16.5. The summed E-state index contributed by atoms with van der Waals surface area (Å²) in [5.41, 5.74) is 4.16. The van der Waals surface area contributed by atoms with Crippen LogP contribution in [-0.4, -0.2) is 12.4 Å². The molecule has 98 valence electrons. The van der Waals surface area contributed by atoms with Crippen molar-refractivity contribution in [3.63, 3.8) is 0 Å². The van der Waals surface area contributed by atoms with Gasteiger partial charge in [0.15, 0.2) is 5.78 Å². The van der Waals surface area contributed by atoms with Crippen LogP contribution in [0.25, 0.3) is 0 Å².